The smallest absolute Gasteiger partial charge is 0.243 e. The van der Waals surface area contributed by atoms with Crippen molar-refractivity contribution in [1.29, 1.82) is 0 Å². The fraction of sp³-hybridized carbons (Fsp3) is 0.529. The molecule has 5 nitrogen and oxygen atoms in total. The Bertz CT molecular complexity index is 848. The molecule has 1 saturated heterocycles. The summed E-state index contributed by atoms with van der Waals surface area (Å²) < 4.78 is 29.7. The van der Waals surface area contributed by atoms with E-state index in [-0.39, 0.29) is 0 Å². The lowest BCUT2D eigenvalue weighted by atomic mass is 10.1. The van der Waals surface area contributed by atoms with Crippen LogP contribution >= 0.6 is 0 Å². The number of sulfonamides is 1. The summed E-state index contributed by atoms with van der Waals surface area (Å²) >= 11 is 0. The molecule has 0 atom stereocenters. The van der Waals surface area contributed by atoms with Crippen molar-refractivity contribution in [3.05, 3.63) is 29.5 Å². The first-order valence-electron chi connectivity index (χ1n) is 8.41. The Morgan fingerprint density at radius 3 is 2.70 bits per heavy atom. The van der Waals surface area contributed by atoms with E-state index in [9.17, 15) is 8.42 Å². The molecule has 0 aliphatic carbocycles. The average molecular weight is 333 g/mol. The van der Waals surface area contributed by atoms with Crippen LogP contribution in [0.4, 0.5) is 0 Å². The molecule has 6 heteroatoms. The van der Waals surface area contributed by atoms with Crippen LogP contribution in [0, 0.1) is 6.92 Å². The number of hydrogen-bond acceptors (Lipinski definition) is 3. The van der Waals surface area contributed by atoms with Crippen LogP contribution in [0.25, 0.3) is 10.9 Å². The number of rotatable bonds is 2. The van der Waals surface area contributed by atoms with Crippen molar-refractivity contribution in [3.8, 4) is 0 Å². The van der Waals surface area contributed by atoms with E-state index >= 15 is 0 Å². The van der Waals surface area contributed by atoms with E-state index in [0.717, 1.165) is 49.8 Å². The zero-order valence-electron chi connectivity index (χ0n) is 13.5. The van der Waals surface area contributed by atoms with Crippen molar-refractivity contribution in [1.82, 2.24) is 14.2 Å². The van der Waals surface area contributed by atoms with Gasteiger partial charge in [-0.3, -0.25) is 5.32 Å². The molecule has 0 unspecified atom stereocenters. The summed E-state index contributed by atoms with van der Waals surface area (Å²) in [4.78, 5) is 0.436. The first-order valence-corrected chi connectivity index (χ1v) is 9.85. The molecule has 4 rings (SSSR count). The van der Waals surface area contributed by atoms with Crippen LogP contribution in [-0.2, 0) is 23.1 Å². The van der Waals surface area contributed by atoms with Gasteiger partial charge in [-0.05, 0) is 43.5 Å². The fourth-order valence-corrected chi connectivity index (χ4v) is 5.41. The van der Waals surface area contributed by atoms with Gasteiger partial charge in [0.1, 0.15) is 0 Å². The van der Waals surface area contributed by atoms with Gasteiger partial charge in [0.25, 0.3) is 0 Å². The average Bonchev–Trinajstić information content (AvgIpc) is 2.88. The van der Waals surface area contributed by atoms with Gasteiger partial charge in [0.15, 0.2) is 0 Å². The minimum Gasteiger partial charge on any atom is -0.331 e. The summed E-state index contributed by atoms with van der Waals surface area (Å²) in [6.07, 6.45) is 4.05. The molecule has 2 aliphatic heterocycles. The molecule has 2 aromatic rings. The van der Waals surface area contributed by atoms with E-state index in [4.69, 9.17) is 0 Å². The Hall–Kier alpha value is -1.37. The summed E-state index contributed by atoms with van der Waals surface area (Å²) in [5.41, 5.74) is 3.67. The van der Waals surface area contributed by atoms with Crippen LogP contribution in [0.1, 0.15) is 30.5 Å². The normalized spacial score (nSPS) is 19.9. The van der Waals surface area contributed by atoms with Gasteiger partial charge in [0.2, 0.25) is 10.0 Å². The number of piperidine rings is 1. The second-order valence-electron chi connectivity index (χ2n) is 6.55. The zero-order valence-corrected chi connectivity index (χ0v) is 14.3. The first-order chi connectivity index (χ1) is 11.1. The monoisotopic (exact) mass is 333 g/mol. The Balaban J connectivity index is 1.81. The highest BCUT2D eigenvalue weighted by Crippen LogP contribution is 2.30. The summed E-state index contributed by atoms with van der Waals surface area (Å²) in [5.74, 6) is 0. The van der Waals surface area contributed by atoms with Crippen molar-refractivity contribution in [2.24, 2.45) is 0 Å². The lowest BCUT2D eigenvalue weighted by Gasteiger charge is -2.25. The molecule has 0 amide bonds. The number of fused-ring (bicyclic) bond motifs is 3. The maximum atomic E-state index is 12.9. The van der Waals surface area contributed by atoms with Crippen LogP contribution in [0.5, 0.6) is 0 Å². The summed E-state index contributed by atoms with van der Waals surface area (Å²) in [6, 6.07) is 5.61. The second kappa shape index (κ2) is 5.61. The van der Waals surface area contributed by atoms with Gasteiger partial charge in [-0.1, -0.05) is 6.42 Å². The van der Waals surface area contributed by atoms with Crippen LogP contribution < -0.4 is 5.32 Å². The van der Waals surface area contributed by atoms with Gasteiger partial charge in [-0.25, -0.2) is 8.42 Å². The van der Waals surface area contributed by atoms with Crippen molar-refractivity contribution in [3.63, 3.8) is 0 Å². The summed E-state index contributed by atoms with van der Waals surface area (Å²) in [7, 11) is -3.36. The molecule has 0 radical (unpaired) electrons. The topological polar surface area (TPSA) is 54.3 Å². The van der Waals surface area contributed by atoms with Gasteiger partial charge in [-0.15, -0.1) is 0 Å². The van der Waals surface area contributed by atoms with Gasteiger partial charge >= 0.3 is 0 Å². The molecule has 1 aromatic carbocycles. The molecular weight excluding hydrogens is 310 g/mol. The lowest BCUT2D eigenvalue weighted by Crippen LogP contribution is -2.35. The third kappa shape index (κ3) is 2.40. The molecule has 3 heterocycles. The molecular formula is C17H23N3O2S. The van der Waals surface area contributed by atoms with Gasteiger partial charge in [-0.2, -0.15) is 4.31 Å². The molecule has 0 spiro atoms. The minimum absolute atomic E-state index is 0.436. The largest absolute Gasteiger partial charge is 0.331 e. The second-order valence-corrected chi connectivity index (χ2v) is 8.49. The van der Waals surface area contributed by atoms with E-state index in [0.29, 0.717) is 18.0 Å². The highest BCUT2D eigenvalue weighted by atomic mass is 32.2. The van der Waals surface area contributed by atoms with E-state index in [1.165, 1.54) is 11.3 Å². The Kier molecular flexibility index (Phi) is 3.70. The van der Waals surface area contributed by atoms with Crippen molar-refractivity contribution >= 4 is 20.9 Å². The van der Waals surface area contributed by atoms with Crippen molar-refractivity contribution in [2.45, 2.75) is 44.2 Å². The number of nitrogens with one attached hydrogen (secondary N) is 1. The Morgan fingerprint density at radius 2 is 1.91 bits per heavy atom. The molecule has 1 aromatic heterocycles. The molecule has 23 heavy (non-hydrogen) atoms. The van der Waals surface area contributed by atoms with Gasteiger partial charge < -0.3 is 4.57 Å². The van der Waals surface area contributed by atoms with Gasteiger partial charge in [0.05, 0.1) is 11.6 Å². The van der Waals surface area contributed by atoms with Gasteiger partial charge in [0, 0.05) is 42.7 Å². The number of aromatic nitrogens is 1. The Labute approximate surface area is 137 Å². The molecule has 0 bridgehead atoms. The predicted molar refractivity (Wildman–Crippen MR) is 91.0 cm³/mol. The fourth-order valence-electron chi connectivity index (χ4n) is 3.87. The first kappa shape index (κ1) is 15.2. The third-order valence-corrected chi connectivity index (χ3v) is 7.08. The minimum atomic E-state index is -3.36. The Morgan fingerprint density at radius 1 is 1.13 bits per heavy atom. The standard InChI is InChI=1S/C17H23N3O2S/c1-13-15-11-14(23(21,22)19-9-3-2-4-10-19)5-6-17(15)20-12-18-8-7-16(13)20/h5-6,11,18H,2-4,7-10,12H2,1H3. The third-order valence-electron chi connectivity index (χ3n) is 5.18. The maximum absolute atomic E-state index is 12.9. The zero-order chi connectivity index (χ0) is 16.0. The number of benzene rings is 1. The van der Waals surface area contributed by atoms with Crippen LogP contribution in [0.2, 0.25) is 0 Å². The van der Waals surface area contributed by atoms with E-state index < -0.39 is 10.0 Å². The maximum Gasteiger partial charge on any atom is 0.243 e. The van der Waals surface area contributed by atoms with E-state index in [1.54, 1.807) is 10.4 Å². The van der Waals surface area contributed by atoms with Crippen molar-refractivity contribution < 1.29 is 8.42 Å². The van der Waals surface area contributed by atoms with Crippen molar-refractivity contribution in [2.75, 3.05) is 19.6 Å². The predicted octanol–water partition coefficient (Wildman–Crippen LogP) is 2.23. The summed E-state index contributed by atoms with van der Waals surface area (Å²) in [6.45, 7) is 5.19. The lowest BCUT2D eigenvalue weighted by molar-refractivity contribution is 0.346. The molecule has 1 N–H and O–H groups in total. The van der Waals surface area contributed by atoms with Crippen LogP contribution in [0.3, 0.4) is 0 Å². The molecule has 1 fully saturated rings. The van der Waals surface area contributed by atoms with Crippen LogP contribution in [0.15, 0.2) is 23.1 Å². The molecule has 2 aliphatic rings. The molecule has 0 saturated carbocycles. The summed E-state index contributed by atoms with van der Waals surface area (Å²) in [5, 5.41) is 4.45. The van der Waals surface area contributed by atoms with Crippen LogP contribution in [-0.4, -0.2) is 36.9 Å². The van der Waals surface area contributed by atoms with E-state index in [1.807, 2.05) is 12.1 Å². The SMILES string of the molecule is Cc1c2n(c3ccc(S(=O)(=O)N4CCCCC4)cc13)CNCC2. The molecule has 124 valence electrons. The number of nitrogens with zero attached hydrogens (tertiary/aromatic N) is 2. The quantitative estimate of drug-likeness (QED) is 0.917. The highest BCUT2D eigenvalue weighted by Gasteiger charge is 2.27. The number of aryl methyl sites for hydroxylation is 1. The number of hydrogen-bond donors (Lipinski definition) is 1. The van der Waals surface area contributed by atoms with E-state index in [2.05, 4.69) is 16.8 Å². The highest BCUT2D eigenvalue weighted by molar-refractivity contribution is 7.89.